The third-order valence-electron chi connectivity index (χ3n) is 5.16. The molecule has 3 aromatic carbocycles. The molecule has 0 bridgehead atoms. The number of benzene rings is 3. The van der Waals surface area contributed by atoms with E-state index in [9.17, 15) is 18.0 Å². The summed E-state index contributed by atoms with van der Waals surface area (Å²) >= 11 is 0. The fourth-order valence-corrected chi connectivity index (χ4v) is 4.78. The number of carbonyl (C=O) groups is 2. The van der Waals surface area contributed by atoms with Gasteiger partial charge in [0.25, 0.3) is 5.91 Å². The quantitative estimate of drug-likeness (QED) is 0.401. The molecule has 0 saturated carbocycles. The molecule has 0 fully saturated rings. The summed E-state index contributed by atoms with van der Waals surface area (Å²) in [5, 5.41) is 2.59. The fourth-order valence-electron chi connectivity index (χ4n) is 3.33. The lowest BCUT2D eigenvalue weighted by Gasteiger charge is -2.18. The molecule has 0 spiro atoms. The monoisotopic (exact) mass is 496 g/mol. The number of sulfonamides is 1. The molecule has 0 atom stereocenters. The molecule has 0 radical (unpaired) electrons. The number of carbonyl (C=O) groups excluding carboxylic acids is 2. The first-order valence-corrected chi connectivity index (χ1v) is 12.6. The average Bonchev–Trinajstić information content (AvgIpc) is 2.87. The summed E-state index contributed by atoms with van der Waals surface area (Å²) < 4.78 is 37.4. The van der Waals surface area contributed by atoms with E-state index < -0.39 is 28.5 Å². The molecule has 0 aliphatic rings. The Balaban J connectivity index is 1.56. The first kappa shape index (κ1) is 25.9. The van der Waals surface area contributed by atoms with Crippen molar-refractivity contribution in [2.75, 3.05) is 25.0 Å². The molecule has 0 unspecified atom stereocenters. The summed E-state index contributed by atoms with van der Waals surface area (Å²) in [6.07, 6.45) is 0. The van der Waals surface area contributed by atoms with Crippen molar-refractivity contribution in [3.8, 4) is 5.75 Å². The third-order valence-corrected chi connectivity index (χ3v) is 7.22. The molecular weight excluding hydrogens is 468 g/mol. The Morgan fingerprint density at radius 2 is 1.49 bits per heavy atom. The summed E-state index contributed by atoms with van der Waals surface area (Å²) in [5.74, 6) is -0.892. The van der Waals surface area contributed by atoms with Crippen LogP contribution in [-0.4, -0.2) is 44.3 Å². The molecule has 0 aliphatic heterocycles. The van der Waals surface area contributed by atoms with E-state index in [2.05, 4.69) is 5.32 Å². The normalized spacial score (nSPS) is 11.2. The number of amides is 1. The van der Waals surface area contributed by atoms with Gasteiger partial charge in [0.2, 0.25) is 10.0 Å². The Kier molecular flexibility index (Phi) is 8.99. The smallest absolute Gasteiger partial charge is 0.342 e. The minimum atomic E-state index is -3.59. The second kappa shape index (κ2) is 12.1. The zero-order valence-corrected chi connectivity index (χ0v) is 20.5. The summed E-state index contributed by atoms with van der Waals surface area (Å²) in [6.45, 7) is 4.04. The topological polar surface area (TPSA) is 102 Å². The van der Waals surface area contributed by atoms with Crippen LogP contribution in [0, 0.1) is 0 Å². The number of rotatable bonds is 11. The van der Waals surface area contributed by atoms with Crippen molar-refractivity contribution in [1.82, 2.24) is 4.31 Å². The first-order chi connectivity index (χ1) is 16.8. The van der Waals surface area contributed by atoms with Crippen molar-refractivity contribution in [1.29, 1.82) is 0 Å². The maximum atomic E-state index is 12.6. The Morgan fingerprint density at radius 1 is 0.857 bits per heavy atom. The number of hydrogen-bond acceptors (Lipinski definition) is 6. The van der Waals surface area contributed by atoms with Crippen LogP contribution in [0.4, 0.5) is 5.69 Å². The van der Waals surface area contributed by atoms with Gasteiger partial charge in [0.05, 0.1) is 4.90 Å². The summed E-state index contributed by atoms with van der Waals surface area (Å²) in [4.78, 5) is 25.0. The number of nitrogens with zero attached hydrogens (tertiary/aromatic N) is 1. The van der Waals surface area contributed by atoms with Crippen molar-refractivity contribution in [2.45, 2.75) is 25.3 Å². The zero-order valence-electron chi connectivity index (χ0n) is 19.6. The van der Waals surface area contributed by atoms with E-state index in [0.717, 1.165) is 5.56 Å². The number of anilines is 1. The van der Waals surface area contributed by atoms with Crippen LogP contribution in [0.2, 0.25) is 0 Å². The van der Waals surface area contributed by atoms with Gasteiger partial charge in [-0.05, 0) is 42.0 Å². The summed E-state index contributed by atoms with van der Waals surface area (Å²) in [7, 11) is -3.59. The number of nitrogens with one attached hydrogen (secondary N) is 1. The predicted octanol–water partition coefficient (Wildman–Crippen LogP) is 4.09. The number of esters is 1. The van der Waals surface area contributed by atoms with Crippen molar-refractivity contribution in [2.24, 2.45) is 0 Å². The molecule has 8 nitrogen and oxygen atoms in total. The van der Waals surface area contributed by atoms with Crippen molar-refractivity contribution in [3.05, 3.63) is 90.0 Å². The van der Waals surface area contributed by atoms with Crippen LogP contribution in [0.1, 0.15) is 29.8 Å². The van der Waals surface area contributed by atoms with E-state index in [1.165, 1.54) is 28.6 Å². The van der Waals surface area contributed by atoms with Gasteiger partial charge in [-0.15, -0.1) is 0 Å². The van der Waals surface area contributed by atoms with Gasteiger partial charge in [-0.2, -0.15) is 4.31 Å². The van der Waals surface area contributed by atoms with Gasteiger partial charge in [0.15, 0.2) is 6.61 Å². The van der Waals surface area contributed by atoms with E-state index >= 15 is 0 Å². The minimum Gasteiger partial charge on any atom is -0.488 e. The van der Waals surface area contributed by atoms with Gasteiger partial charge in [-0.3, -0.25) is 4.79 Å². The lowest BCUT2D eigenvalue weighted by molar-refractivity contribution is -0.119. The highest BCUT2D eigenvalue weighted by molar-refractivity contribution is 7.89. The van der Waals surface area contributed by atoms with E-state index in [-0.39, 0.29) is 17.1 Å². The Bertz CT molecular complexity index is 1240. The highest BCUT2D eigenvalue weighted by Crippen LogP contribution is 2.21. The molecule has 0 saturated heterocycles. The van der Waals surface area contributed by atoms with Crippen molar-refractivity contribution >= 4 is 27.6 Å². The van der Waals surface area contributed by atoms with Crippen LogP contribution in [0.5, 0.6) is 5.75 Å². The number of hydrogen-bond donors (Lipinski definition) is 1. The average molecular weight is 497 g/mol. The van der Waals surface area contributed by atoms with Crippen LogP contribution in [-0.2, 0) is 26.2 Å². The van der Waals surface area contributed by atoms with Crippen LogP contribution < -0.4 is 10.1 Å². The Labute approximate surface area is 205 Å². The fraction of sp³-hybridized carbons (Fsp3) is 0.231. The van der Waals surface area contributed by atoms with E-state index in [1.807, 2.05) is 30.3 Å². The molecule has 1 amide bonds. The molecule has 0 aliphatic carbocycles. The van der Waals surface area contributed by atoms with Gasteiger partial charge in [-0.25, -0.2) is 13.2 Å². The van der Waals surface area contributed by atoms with Crippen LogP contribution in [0.3, 0.4) is 0 Å². The lowest BCUT2D eigenvalue weighted by Crippen LogP contribution is -2.30. The maximum Gasteiger partial charge on any atom is 0.342 e. The molecule has 184 valence electrons. The zero-order chi connectivity index (χ0) is 25.3. The largest absolute Gasteiger partial charge is 0.488 e. The maximum absolute atomic E-state index is 12.6. The molecule has 35 heavy (non-hydrogen) atoms. The second-order valence-corrected chi connectivity index (χ2v) is 9.45. The first-order valence-electron chi connectivity index (χ1n) is 11.2. The molecule has 1 N–H and O–H groups in total. The Morgan fingerprint density at radius 3 is 2.14 bits per heavy atom. The van der Waals surface area contributed by atoms with Gasteiger partial charge < -0.3 is 14.8 Å². The Hall–Kier alpha value is -3.69. The van der Waals surface area contributed by atoms with E-state index in [4.69, 9.17) is 9.47 Å². The van der Waals surface area contributed by atoms with Crippen molar-refractivity contribution in [3.63, 3.8) is 0 Å². The van der Waals surface area contributed by atoms with Gasteiger partial charge in [0.1, 0.15) is 17.9 Å². The van der Waals surface area contributed by atoms with Crippen LogP contribution in [0.15, 0.2) is 83.8 Å². The van der Waals surface area contributed by atoms with Gasteiger partial charge in [-0.1, -0.05) is 56.3 Å². The number of ether oxygens (including phenoxy) is 2. The van der Waals surface area contributed by atoms with Gasteiger partial charge in [0, 0.05) is 18.8 Å². The SMILES string of the molecule is CCN(CC)S(=O)(=O)c1ccc(NC(=O)COC(=O)c2ccccc2OCc2ccccc2)cc1. The highest BCUT2D eigenvalue weighted by atomic mass is 32.2. The second-order valence-electron chi connectivity index (χ2n) is 7.51. The van der Waals surface area contributed by atoms with Crippen LogP contribution >= 0.6 is 0 Å². The summed E-state index contributed by atoms with van der Waals surface area (Å²) in [5.41, 5.74) is 1.55. The van der Waals surface area contributed by atoms with Crippen LogP contribution in [0.25, 0.3) is 0 Å². The minimum absolute atomic E-state index is 0.137. The molecular formula is C26H28N2O6S. The van der Waals surface area contributed by atoms with Gasteiger partial charge >= 0.3 is 5.97 Å². The number of para-hydroxylation sites is 1. The standard InChI is InChI=1S/C26H28N2O6S/c1-3-28(4-2)35(31,32)22-16-14-21(15-17-22)27-25(29)19-34-26(30)23-12-8-9-13-24(23)33-18-20-10-6-5-7-11-20/h5-17H,3-4,18-19H2,1-2H3,(H,27,29). The molecule has 3 rings (SSSR count). The molecule has 0 heterocycles. The molecule has 0 aromatic heterocycles. The lowest BCUT2D eigenvalue weighted by atomic mass is 10.2. The van der Waals surface area contributed by atoms with E-state index in [0.29, 0.717) is 24.5 Å². The molecule has 3 aromatic rings. The molecule has 9 heteroatoms. The summed E-state index contributed by atoms with van der Waals surface area (Å²) in [6, 6.07) is 22.0. The van der Waals surface area contributed by atoms with Crippen molar-refractivity contribution < 1.29 is 27.5 Å². The third kappa shape index (κ3) is 6.91. The highest BCUT2D eigenvalue weighted by Gasteiger charge is 2.21. The predicted molar refractivity (Wildman–Crippen MR) is 133 cm³/mol. The van der Waals surface area contributed by atoms with E-state index in [1.54, 1.807) is 38.1 Å².